The van der Waals surface area contributed by atoms with Gasteiger partial charge < -0.3 is 16.4 Å². The largest absolute Gasteiger partial charge is 0.416 e. The lowest BCUT2D eigenvalue weighted by atomic mass is 10.0. The Kier molecular flexibility index (Phi) is 6.99. The third kappa shape index (κ3) is 5.75. The molecule has 2 aromatic carbocycles. The van der Waals surface area contributed by atoms with E-state index in [1.807, 2.05) is 6.07 Å². The van der Waals surface area contributed by atoms with E-state index < -0.39 is 23.7 Å². The Bertz CT molecular complexity index is 1350. The van der Waals surface area contributed by atoms with E-state index in [-0.39, 0.29) is 18.1 Å². The summed E-state index contributed by atoms with van der Waals surface area (Å²) in [6.45, 7) is 0.287. The van der Waals surface area contributed by atoms with Gasteiger partial charge in [-0.05, 0) is 41.1 Å². The van der Waals surface area contributed by atoms with Crippen LogP contribution in [0.15, 0.2) is 54.7 Å². The molecular formula is C24H21F4N5OS. The normalized spacial score (nSPS) is 12.5. The first-order valence-corrected chi connectivity index (χ1v) is 11.4. The van der Waals surface area contributed by atoms with E-state index in [9.17, 15) is 22.4 Å². The van der Waals surface area contributed by atoms with Crippen molar-refractivity contribution in [2.45, 2.75) is 18.6 Å². The van der Waals surface area contributed by atoms with Crippen LogP contribution in [0.4, 0.5) is 22.7 Å². The minimum absolute atomic E-state index is 0.213. The number of anilines is 1. The highest BCUT2D eigenvalue weighted by atomic mass is 32.1. The highest BCUT2D eigenvalue weighted by Gasteiger charge is 2.30. The molecule has 0 aliphatic carbocycles. The maximum atomic E-state index is 13.6. The third-order valence-corrected chi connectivity index (χ3v) is 6.38. The molecule has 0 spiro atoms. The molecule has 0 aliphatic heterocycles. The number of nitrogens with two attached hydrogens (primary N) is 1. The Morgan fingerprint density at radius 2 is 1.86 bits per heavy atom. The van der Waals surface area contributed by atoms with Crippen molar-refractivity contribution >= 4 is 33.1 Å². The zero-order valence-corrected chi connectivity index (χ0v) is 19.3. The van der Waals surface area contributed by atoms with Gasteiger partial charge >= 0.3 is 6.18 Å². The number of alkyl halides is 3. The van der Waals surface area contributed by atoms with Crippen LogP contribution < -0.4 is 16.4 Å². The van der Waals surface area contributed by atoms with Gasteiger partial charge in [0.1, 0.15) is 5.69 Å². The van der Waals surface area contributed by atoms with Crippen LogP contribution in [0.2, 0.25) is 0 Å². The van der Waals surface area contributed by atoms with E-state index in [1.165, 1.54) is 42.8 Å². The molecule has 6 nitrogen and oxygen atoms in total. The van der Waals surface area contributed by atoms with Crippen molar-refractivity contribution in [3.8, 4) is 10.4 Å². The first-order chi connectivity index (χ1) is 16.6. The summed E-state index contributed by atoms with van der Waals surface area (Å²) < 4.78 is 51.8. The van der Waals surface area contributed by atoms with Crippen molar-refractivity contribution in [2.24, 2.45) is 5.73 Å². The summed E-state index contributed by atoms with van der Waals surface area (Å²) in [5.74, 6) is -0.978. The molecule has 0 saturated carbocycles. The Morgan fingerprint density at radius 3 is 2.54 bits per heavy atom. The average molecular weight is 504 g/mol. The fraction of sp³-hybridized carbons (Fsp3) is 0.208. The van der Waals surface area contributed by atoms with E-state index in [0.29, 0.717) is 32.9 Å². The lowest BCUT2D eigenvalue weighted by molar-refractivity contribution is -0.137. The van der Waals surface area contributed by atoms with Crippen LogP contribution in [-0.4, -0.2) is 35.5 Å². The number of carbonyl (C=O) groups excluding carboxylic acids is 1. The zero-order chi connectivity index (χ0) is 25.2. The van der Waals surface area contributed by atoms with Gasteiger partial charge in [-0.15, -0.1) is 0 Å². The summed E-state index contributed by atoms with van der Waals surface area (Å²) >= 11 is 1.25. The van der Waals surface area contributed by atoms with Crippen LogP contribution in [-0.2, 0) is 12.6 Å². The molecule has 2 aromatic heterocycles. The number of halogens is 4. The first-order valence-electron chi connectivity index (χ1n) is 10.6. The quantitative estimate of drug-likeness (QED) is 0.248. The molecule has 2 heterocycles. The van der Waals surface area contributed by atoms with Crippen molar-refractivity contribution in [1.29, 1.82) is 0 Å². The van der Waals surface area contributed by atoms with E-state index in [1.54, 1.807) is 12.1 Å². The summed E-state index contributed by atoms with van der Waals surface area (Å²) in [6, 6.07) is 11.2. The molecular weight excluding hydrogens is 482 g/mol. The first kappa shape index (κ1) is 24.6. The molecule has 0 fully saturated rings. The number of pyridine rings is 1. The molecule has 4 aromatic rings. The fourth-order valence-electron chi connectivity index (χ4n) is 3.54. The number of rotatable bonds is 7. The average Bonchev–Trinajstić information content (AvgIpc) is 3.26. The number of aromatic nitrogens is 2. The van der Waals surface area contributed by atoms with Gasteiger partial charge in [-0.1, -0.05) is 35.6 Å². The number of hydrogen-bond donors (Lipinski definition) is 3. The van der Waals surface area contributed by atoms with Gasteiger partial charge in [-0.3, -0.25) is 4.79 Å². The predicted molar refractivity (Wildman–Crippen MR) is 128 cm³/mol. The monoisotopic (exact) mass is 503 g/mol. The van der Waals surface area contributed by atoms with Gasteiger partial charge in [0.25, 0.3) is 5.91 Å². The lowest BCUT2D eigenvalue weighted by Gasteiger charge is -2.13. The summed E-state index contributed by atoms with van der Waals surface area (Å²) in [7, 11) is 1.50. The SMILES string of the molecule is CNC(=O)c1nc(NC[C@@H](N)Cc2ccc(C(F)(F)F)cc2)sc1-c1ccc2cnc(F)cc2c1. The Hall–Kier alpha value is -3.57. The van der Waals surface area contributed by atoms with E-state index in [2.05, 4.69) is 20.6 Å². The molecule has 4 rings (SSSR count). The Labute approximate surface area is 202 Å². The molecule has 182 valence electrons. The Morgan fingerprint density at radius 1 is 1.11 bits per heavy atom. The number of thiazole rings is 1. The minimum atomic E-state index is -4.39. The molecule has 0 radical (unpaired) electrons. The van der Waals surface area contributed by atoms with Crippen molar-refractivity contribution in [3.63, 3.8) is 0 Å². The van der Waals surface area contributed by atoms with Crippen molar-refractivity contribution in [3.05, 3.63) is 77.5 Å². The summed E-state index contributed by atoms with van der Waals surface area (Å²) in [4.78, 5) is 21.1. The second kappa shape index (κ2) is 9.96. The highest BCUT2D eigenvalue weighted by molar-refractivity contribution is 7.19. The summed E-state index contributed by atoms with van der Waals surface area (Å²) in [5, 5.41) is 7.53. The molecule has 1 atom stereocenters. The molecule has 4 N–H and O–H groups in total. The number of hydrogen-bond acceptors (Lipinski definition) is 6. The van der Waals surface area contributed by atoms with Gasteiger partial charge in [-0.25, -0.2) is 9.97 Å². The van der Waals surface area contributed by atoms with Crippen LogP contribution >= 0.6 is 11.3 Å². The van der Waals surface area contributed by atoms with E-state index in [4.69, 9.17) is 5.73 Å². The van der Waals surface area contributed by atoms with Crippen molar-refractivity contribution in [1.82, 2.24) is 15.3 Å². The smallest absolute Gasteiger partial charge is 0.360 e. The molecule has 11 heteroatoms. The summed E-state index contributed by atoms with van der Waals surface area (Å²) in [5.41, 5.74) is 7.04. The van der Waals surface area contributed by atoms with Gasteiger partial charge in [-0.2, -0.15) is 17.6 Å². The molecule has 35 heavy (non-hydrogen) atoms. The number of fused-ring (bicyclic) bond motifs is 1. The summed E-state index contributed by atoms with van der Waals surface area (Å²) in [6.07, 6.45) is -2.59. The van der Waals surface area contributed by atoms with E-state index in [0.717, 1.165) is 17.5 Å². The maximum absolute atomic E-state index is 13.6. The molecule has 0 bridgehead atoms. The molecule has 0 saturated heterocycles. The van der Waals surface area contributed by atoms with Crippen LogP contribution in [0.5, 0.6) is 0 Å². The van der Waals surface area contributed by atoms with Gasteiger partial charge in [0.05, 0.1) is 10.4 Å². The number of carbonyl (C=O) groups is 1. The number of nitrogens with zero attached hydrogens (tertiary/aromatic N) is 2. The second-order valence-electron chi connectivity index (χ2n) is 7.88. The highest BCUT2D eigenvalue weighted by Crippen LogP contribution is 2.35. The van der Waals surface area contributed by atoms with Crippen LogP contribution in [0.25, 0.3) is 21.2 Å². The van der Waals surface area contributed by atoms with Crippen LogP contribution in [0, 0.1) is 5.95 Å². The number of amides is 1. The molecule has 0 aliphatic rings. The number of nitrogens with one attached hydrogen (secondary N) is 2. The zero-order valence-electron chi connectivity index (χ0n) is 18.5. The van der Waals surface area contributed by atoms with Gasteiger partial charge in [0, 0.05) is 37.3 Å². The second-order valence-corrected chi connectivity index (χ2v) is 8.88. The molecule has 0 unspecified atom stereocenters. The predicted octanol–water partition coefficient (Wildman–Crippen LogP) is 4.86. The van der Waals surface area contributed by atoms with Crippen LogP contribution in [0.1, 0.15) is 21.6 Å². The standard InChI is InChI=1S/C24H21F4N5OS/c1-30-22(34)20-21(14-4-5-15-11-31-19(25)10-16(15)9-14)35-23(33-20)32-12-18(29)8-13-2-6-17(7-3-13)24(26,27)28/h2-7,9-11,18H,8,12,29H2,1H3,(H,30,34)(H,32,33)/t18-/m0/s1. The third-order valence-electron chi connectivity index (χ3n) is 5.31. The van der Waals surface area contributed by atoms with E-state index >= 15 is 0 Å². The van der Waals surface area contributed by atoms with Gasteiger partial charge in [0.2, 0.25) is 5.95 Å². The minimum Gasteiger partial charge on any atom is -0.360 e. The van der Waals surface area contributed by atoms with Gasteiger partial charge in [0.15, 0.2) is 5.13 Å². The maximum Gasteiger partial charge on any atom is 0.416 e. The fourth-order valence-corrected chi connectivity index (χ4v) is 4.51. The molecule has 1 amide bonds. The lowest BCUT2D eigenvalue weighted by Crippen LogP contribution is -2.31. The Balaban J connectivity index is 1.50. The van der Waals surface area contributed by atoms with Crippen LogP contribution in [0.3, 0.4) is 0 Å². The number of benzene rings is 2. The topological polar surface area (TPSA) is 92.9 Å². The van der Waals surface area contributed by atoms with Crippen molar-refractivity contribution < 1.29 is 22.4 Å². The van der Waals surface area contributed by atoms with Crippen molar-refractivity contribution in [2.75, 3.05) is 18.9 Å².